The molecule has 0 bridgehead atoms. The molecule has 1 heterocycles. The normalized spacial score (nSPS) is 43.0. The quantitative estimate of drug-likeness (QED) is 0.260. The number of nitrogens with zero attached hydrogens (tertiary/aromatic N) is 2. The van der Waals surface area contributed by atoms with E-state index in [9.17, 15) is 13.2 Å². The van der Waals surface area contributed by atoms with Crippen LogP contribution in [0.4, 0.5) is 13.2 Å². The van der Waals surface area contributed by atoms with E-state index >= 15 is 0 Å². The Kier molecular flexibility index (Phi) is 3.41. The molecule has 0 unspecified atom stereocenters. The first-order chi connectivity index (χ1) is 25.1. The molecule has 4 rings (SSSR count). The van der Waals surface area contributed by atoms with Gasteiger partial charge in [0.2, 0.25) is 0 Å². The van der Waals surface area contributed by atoms with E-state index in [1.54, 1.807) is 0 Å². The van der Waals surface area contributed by atoms with Crippen LogP contribution in [0.5, 0.6) is 0 Å². The van der Waals surface area contributed by atoms with Crippen molar-refractivity contribution in [1.29, 1.82) is 0 Å². The van der Waals surface area contributed by atoms with Crippen molar-refractivity contribution in [2.75, 3.05) is 13.0 Å². The van der Waals surface area contributed by atoms with Crippen molar-refractivity contribution < 1.29 is 46.8 Å². The second kappa shape index (κ2) is 11.4. The van der Waals surface area contributed by atoms with Gasteiger partial charge in [0.05, 0.1) is 11.3 Å². The summed E-state index contributed by atoms with van der Waals surface area (Å²) in [6.45, 7) is -10.6. The highest BCUT2D eigenvalue weighted by Gasteiger charge is 2.36. The van der Waals surface area contributed by atoms with Crippen LogP contribution in [0.25, 0.3) is 0 Å². The average molecular weight is 522 g/mol. The zero-order valence-corrected chi connectivity index (χ0v) is 19.7. The first-order valence-corrected chi connectivity index (χ1v) is 10.9. The molecular formula is C30H39F3N2O. The van der Waals surface area contributed by atoms with Crippen molar-refractivity contribution in [3.63, 3.8) is 0 Å². The zero-order chi connectivity index (χ0) is 44.6. The lowest BCUT2D eigenvalue weighted by molar-refractivity contribution is -0.138. The predicted octanol–water partition coefficient (Wildman–Crippen LogP) is 7.95. The van der Waals surface area contributed by atoms with Crippen LogP contribution in [0.1, 0.15) is 121 Å². The highest BCUT2D eigenvalue weighted by molar-refractivity contribution is 5.98. The predicted molar refractivity (Wildman–Crippen MR) is 139 cm³/mol. The molecule has 0 N–H and O–H groups in total. The molecule has 2 aliphatic rings. The van der Waals surface area contributed by atoms with Gasteiger partial charge in [-0.15, -0.1) is 0 Å². The number of hydrogen-bond acceptors (Lipinski definition) is 3. The smallest absolute Gasteiger partial charge is 0.391 e. The minimum absolute atomic E-state index is 0.0633. The van der Waals surface area contributed by atoms with Gasteiger partial charge in [0.25, 0.3) is 0 Å². The first kappa shape index (κ1) is 10.8. The fourth-order valence-corrected chi connectivity index (χ4v) is 3.51. The van der Waals surface area contributed by atoms with Crippen LogP contribution in [-0.2, 0) is 30.5 Å². The third-order valence-electron chi connectivity index (χ3n) is 5.34. The third kappa shape index (κ3) is 6.50. The molecular weight excluding hydrogens is 461 g/mol. The molecule has 1 saturated carbocycles. The van der Waals surface area contributed by atoms with Crippen molar-refractivity contribution in [1.82, 2.24) is 4.90 Å². The topological polar surface area (TPSA) is 24.8 Å². The first-order valence-electron chi connectivity index (χ1n) is 21.4. The highest BCUT2D eigenvalue weighted by atomic mass is 19.4. The second-order valence-electron chi connectivity index (χ2n) is 8.15. The van der Waals surface area contributed by atoms with Crippen LogP contribution in [0.2, 0.25) is 0 Å². The van der Waals surface area contributed by atoms with Gasteiger partial charge in [-0.2, -0.15) is 13.2 Å². The van der Waals surface area contributed by atoms with E-state index in [2.05, 4.69) is 5.16 Å². The van der Waals surface area contributed by atoms with E-state index in [-0.39, 0.29) is 21.7 Å². The van der Waals surface area contributed by atoms with Crippen molar-refractivity contribution >= 4 is 5.71 Å². The summed E-state index contributed by atoms with van der Waals surface area (Å²) < 4.78 is 218. The van der Waals surface area contributed by atoms with Crippen LogP contribution in [0, 0.1) is 11.8 Å². The maximum Gasteiger partial charge on any atom is 0.416 e. The zero-order valence-electron chi connectivity index (χ0n) is 40.7. The van der Waals surface area contributed by atoms with Gasteiger partial charge < -0.3 is 4.84 Å². The van der Waals surface area contributed by atoms with Gasteiger partial charge in [-0.05, 0) is 83.7 Å². The van der Waals surface area contributed by atoms with Crippen molar-refractivity contribution in [2.45, 2.75) is 84.7 Å². The van der Waals surface area contributed by atoms with Gasteiger partial charge in [0, 0.05) is 48.3 Å². The molecule has 1 aliphatic heterocycles. The summed E-state index contributed by atoms with van der Waals surface area (Å²) in [5, 5.41) is 3.78. The molecule has 2 aromatic rings. The monoisotopic (exact) mass is 521 g/mol. The van der Waals surface area contributed by atoms with Gasteiger partial charge in [-0.25, -0.2) is 0 Å². The summed E-state index contributed by atoms with van der Waals surface area (Å²) >= 11 is 0. The Morgan fingerprint density at radius 1 is 1.11 bits per heavy atom. The molecule has 0 aromatic heterocycles. The maximum atomic E-state index is 14.5. The summed E-state index contributed by atoms with van der Waals surface area (Å²) in [5.41, 5.74) is -5.00. The Morgan fingerprint density at radius 2 is 1.86 bits per heavy atom. The standard InChI is InChI=1S/C30H39F3N2O/c1-5-24-15-26(11-12-27(24)18-35-16-21(3)17-35)22(4)34-36-19-23-8-13-28(29(14-23)30(31,32)33)25-9-6-20(2)7-10-25/h8,11-15,20-21,25H,5-7,9-10,16-19H2,1-4H3/b34-22+/i1D3,5D2,6D2,7D2,9D2,10D2,16D2,17D2,18D2,20D,21D. The van der Waals surface area contributed by atoms with Crippen LogP contribution in [0.3, 0.4) is 0 Å². The number of hydrogen-bond donors (Lipinski definition) is 0. The van der Waals surface area contributed by atoms with Gasteiger partial charge in [0.15, 0.2) is 0 Å². The van der Waals surface area contributed by atoms with Crippen molar-refractivity contribution in [2.24, 2.45) is 16.9 Å². The minimum Gasteiger partial charge on any atom is -0.391 e. The Hall–Kier alpha value is -2.34. The Bertz CT molecular complexity index is 1890. The SMILES string of the molecule is [2H]C([2H])(c1ccc(/C(C)=N/OCc2ccc(C3C([2H])([2H])C([2H])([2H])C([2H])(C)C([2H])([2H])C3([2H])[2H])c(C(F)(F)F)c2)cc1C([2H])([2H])C([2H])([2H])[2H])N1C([2H])([2H])C([2H])(C)C1([2H])[2H]. The summed E-state index contributed by atoms with van der Waals surface area (Å²) in [6.07, 6.45) is -22.8. The van der Waals surface area contributed by atoms with E-state index < -0.39 is 111 Å². The minimum atomic E-state index is -5.32. The fourth-order valence-electron chi connectivity index (χ4n) is 3.51. The van der Waals surface area contributed by atoms with Gasteiger partial charge in [0.1, 0.15) is 6.61 Å². The number of aryl methyl sites for hydroxylation is 1. The van der Waals surface area contributed by atoms with E-state index in [1.807, 2.05) is 0 Å². The molecule has 2 fully saturated rings. The molecule has 0 spiro atoms. The number of rotatable bonds is 8. The lowest BCUT2D eigenvalue weighted by Gasteiger charge is -2.37. The van der Waals surface area contributed by atoms with Crippen molar-refractivity contribution in [3.8, 4) is 0 Å². The van der Waals surface area contributed by atoms with E-state index in [4.69, 9.17) is 33.6 Å². The molecule has 2 aromatic carbocycles. The van der Waals surface area contributed by atoms with Crippen LogP contribution in [-0.4, -0.2) is 23.6 Å². The van der Waals surface area contributed by atoms with E-state index in [0.29, 0.717) is 19.1 Å². The van der Waals surface area contributed by atoms with Gasteiger partial charge in [-0.1, -0.05) is 62.9 Å². The maximum absolute atomic E-state index is 14.5. The Morgan fingerprint density at radius 3 is 2.56 bits per heavy atom. The van der Waals surface area contributed by atoms with Gasteiger partial charge in [-0.3, -0.25) is 4.90 Å². The largest absolute Gasteiger partial charge is 0.416 e. The summed E-state index contributed by atoms with van der Waals surface area (Å²) in [7, 11) is 0. The van der Waals surface area contributed by atoms with Gasteiger partial charge >= 0.3 is 6.18 Å². The molecule has 6 heteroatoms. The molecule has 196 valence electrons. The Balaban J connectivity index is 1.75. The van der Waals surface area contributed by atoms with Crippen molar-refractivity contribution in [3.05, 3.63) is 69.8 Å². The molecule has 3 nitrogen and oxygen atoms in total. The molecule has 0 radical (unpaired) electrons. The summed E-state index contributed by atoms with van der Waals surface area (Å²) in [6, 6.07) is 4.88. The lowest BCUT2D eigenvalue weighted by atomic mass is 9.78. The van der Waals surface area contributed by atoms with E-state index in [0.717, 1.165) is 31.2 Å². The summed E-state index contributed by atoms with van der Waals surface area (Å²) in [5.74, 6) is -8.28. The number of benzene rings is 2. The third-order valence-corrected chi connectivity index (χ3v) is 5.34. The van der Waals surface area contributed by atoms with E-state index in [1.165, 1.54) is 6.92 Å². The lowest BCUT2D eigenvalue weighted by Crippen LogP contribution is -2.44. The summed E-state index contributed by atoms with van der Waals surface area (Å²) in [4.78, 5) is 5.28. The molecule has 0 atom stereocenters. The number of likely N-dealkylation sites (tertiary alicyclic amines) is 1. The van der Waals surface area contributed by atoms with Crippen LogP contribution < -0.4 is 0 Å². The Labute approximate surface area is 243 Å². The number of alkyl halides is 3. The molecule has 36 heavy (non-hydrogen) atoms. The van der Waals surface area contributed by atoms with Crippen LogP contribution >= 0.6 is 0 Å². The fraction of sp³-hybridized carbons (Fsp3) is 0.567. The molecule has 0 amide bonds. The number of oxime groups is 1. The second-order valence-corrected chi connectivity index (χ2v) is 8.15. The van der Waals surface area contributed by atoms with Crippen LogP contribution in [0.15, 0.2) is 41.6 Å². The molecule has 1 saturated heterocycles. The average Bonchev–Trinajstić information content (AvgIpc) is 3.02. The molecule has 1 aliphatic carbocycles. The highest BCUT2D eigenvalue weighted by Crippen LogP contribution is 2.42. The number of halogens is 3.